The van der Waals surface area contributed by atoms with Gasteiger partial charge in [0.25, 0.3) is 0 Å². The van der Waals surface area contributed by atoms with E-state index in [-0.39, 0.29) is 0 Å². The van der Waals surface area contributed by atoms with Crippen LogP contribution >= 0.6 is 0 Å². The third-order valence-corrected chi connectivity index (χ3v) is 4.00. The fourth-order valence-electron chi connectivity index (χ4n) is 2.92. The van der Waals surface area contributed by atoms with Crippen LogP contribution in [0.25, 0.3) is 0 Å². The van der Waals surface area contributed by atoms with Crippen LogP contribution in [0.3, 0.4) is 0 Å². The van der Waals surface area contributed by atoms with Crippen LogP contribution in [0.2, 0.25) is 0 Å². The van der Waals surface area contributed by atoms with Gasteiger partial charge in [0.05, 0.1) is 6.61 Å². The number of aryl methyl sites for hydroxylation is 1. The molecule has 2 rings (SSSR count). The maximum atomic E-state index is 5.61. The minimum atomic E-state index is 0.698. The molecule has 1 aliphatic heterocycles. The molecular formula is C16H26N2O. The van der Waals surface area contributed by atoms with Crippen molar-refractivity contribution in [3.05, 3.63) is 29.3 Å². The van der Waals surface area contributed by atoms with Gasteiger partial charge in [-0.3, -0.25) is 0 Å². The van der Waals surface area contributed by atoms with E-state index in [0.717, 1.165) is 25.4 Å². The standard InChI is InChI=1S/C16H26N2O/c1-3-19-16-5-4-15(12-13(16)2)14-6-9-18(10-7-14)11-8-17/h4-5,12,14H,3,6-11,17H2,1-2H3. The van der Waals surface area contributed by atoms with Crippen molar-refractivity contribution >= 4 is 0 Å². The Kier molecular flexibility index (Phi) is 5.23. The van der Waals surface area contributed by atoms with E-state index in [9.17, 15) is 0 Å². The zero-order valence-electron chi connectivity index (χ0n) is 12.2. The van der Waals surface area contributed by atoms with Crippen molar-refractivity contribution in [3.63, 3.8) is 0 Å². The summed E-state index contributed by atoms with van der Waals surface area (Å²) >= 11 is 0. The van der Waals surface area contributed by atoms with Gasteiger partial charge in [-0.1, -0.05) is 12.1 Å². The van der Waals surface area contributed by atoms with Crippen LogP contribution in [0.15, 0.2) is 18.2 Å². The Morgan fingerprint density at radius 3 is 2.63 bits per heavy atom. The van der Waals surface area contributed by atoms with Gasteiger partial charge in [-0.2, -0.15) is 0 Å². The highest BCUT2D eigenvalue weighted by Gasteiger charge is 2.20. The van der Waals surface area contributed by atoms with E-state index >= 15 is 0 Å². The van der Waals surface area contributed by atoms with Crippen molar-refractivity contribution in [2.75, 3.05) is 32.8 Å². The average Bonchev–Trinajstić information content (AvgIpc) is 2.43. The van der Waals surface area contributed by atoms with Crippen molar-refractivity contribution in [1.82, 2.24) is 4.90 Å². The first-order chi connectivity index (χ1) is 9.24. The monoisotopic (exact) mass is 262 g/mol. The second-order valence-electron chi connectivity index (χ2n) is 5.36. The van der Waals surface area contributed by atoms with Crippen molar-refractivity contribution in [2.45, 2.75) is 32.6 Å². The Balaban J connectivity index is 1.97. The molecule has 0 unspecified atom stereocenters. The lowest BCUT2D eigenvalue weighted by molar-refractivity contribution is 0.217. The van der Waals surface area contributed by atoms with Gasteiger partial charge in [-0.25, -0.2) is 0 Å². The Hall–Kier alpha value is -1.06. The first-order valence-electron chi connectivity index (χ1n) is 7.40. The molecule has 0 radical (unpaired) electrons. The summed E-state index contributed by atoms with van der Waals surface area (Å²) in [6.45, 7) is 9.06. The zero-order valence-corrected chi connectivity index (χ0v) is 12.2. The topological polar surface area (TPSA) is 38.5 Å². The number of benzene rings is 1. The van der Waals surface area contributed by atoms with Gasteiger partial charge in [0.2, 0.25) is 0 Å². The normalized spacial score (nSPS) is 17.6. The molecule has 0 aliphatic carbocycles. The van der Waals surface area contributed by atoms with Gasteiger partial charge < -0.3 is 15.4 Å². The summed E-state index contributed by atoms with van der Waals surface area (Å²) in [5.41, 5.74) is 8.33. The van der Waals surface area contributed by atoms with E-state index in [4.69, 9.17) is 10.5 Å². The molecule has 0 amide bonds. The average molecular weight is 262 g/mol. The smallest absolute Gasteiger partial charge is 0.122 e. The lowest BCUT2D eigenvalue weighted by atomic mass is 9.88. The highest BCUT2D eigenvalue weighted by Crippen LogP contribution is 2.30. The van der Waals surface area contributed by atoms with E-state index in [1.54, 1.807) is 0 Å². The zero-order chi connectivity index (χ0) is 13.7. The highest BCUT2D eigenvalue weighted by atomic mass is 16.5. The van der Waals surface area contributed by atoms with E-state index in [1.165, 1.54) is 37.1 Å². The van der Waals surface area contributed by atoms with Crippen LogP contribution in [0.1, 0.15) is 36.8 Å². The Labute approximate surface area is 116 Å². The van der Waals surface area contributed by atoms with Gasteiger partial charge in [0.15, 0.2) is 0 Å². The van der Waals surface area contributed by atoms with Gasteiger partial charge >= 0.3 is 0 Å². The Morgan fingerprint density at radius 2 is 2.05 bits per heavy atom. The molecule has 0 bridgehead atoms. The molecule has 19 heavy (non-hydrogen) atoms. The number of hydrogen-bond donors (Lipinski definition) is 1. The number of ether oxygens (including phenoxy) is 1. The van der Waals surface area contributed by atoms with Gasteiger partial charge in [0.1, 0.15) is 5.75 Å². The molecule has 1 saturated heterocycles. The summed E-state index contributed by atoms with van der Waals surface area (Å²) in [6.07, 6.45) is 2.49. The molecule has 1 heterocycles. The van der Waals surface area contributed by atoms with E-state index in [2.05, 4.69) is 30.0 Å². The van der Waals surface area contributed by atoms with Crippen molar-refractivity contribution in [3.8, 4) is 5.75 Å². The third-order valence-electron chi connectivity index (χ3n) is 4.00. The van der Waals surface area contributed by atoms with Crippen LogP contribution < -0.4 is 10.5 Å². The molecule has 106 valence electrons. The second kappa shape index (κ2) is 6.92. The number of rotatable bonds is 5. The Bertz CT molecular complexity index is 398. The highest BCUT2D eigenvalue weighted by molar-refractivity contribution is 5.37. The van der Waals surface area contributed by atoms with E-state index < -0.39 is 0 Å². The summed E-state index contributed by atoms with van der Waals surface area (Å²) < 4.78 is 5.61. The number of hydrogen-bond acceptors (Lipinski definition) is 3. The second-order valence-corrected chi connectivity index (χ2v) is 5.36. The lowest BCUT2D eigenvalue weighted by Crippen LogP contribution is -2.36. The van der Waals surface area contributed by atoms with Crippen molar-refractivity contribution in [1.29, 1.82) is 0 Å². The number of nitrogens with zero attached hydrogens (tertiary/aromatic N) is 1. The van der Waals surface area contributed by atoms with Crippen LogP contribution in [0.4, 0.5) is 0 Å². The molecule has 1 fully saturated rings. The van der Waals surface area contributed by atoms with Crippen molar-refractivity contribution < 1.29 is 4.74 Å². The van der Waals surface area contributed by atoms with Crippen molar-refractivity contribution in [2.24, 2.45) is 5.73 Å². The maximum absolute atomic E-state index is 5.61. The molecule has 0 spiro atoms. The minimum Gasteiger partial charge on any atom is -0.494 e. The maximum Gasteiger partial charge on any atom is 0.122 e. The van der Waals surface area contributed by atoms with E-state index in [0.29, 0.717) is 5.92 Å². The fraction of sp³-hybridized carbons (Fsp3) is 0.625. The molecule has 0 saturated carbocycles. The third kappa shape index (κ3) is 3.71. The molecule has 3 nitrogen and oxygen atoms in total. The summed E-state index contributed by atoms with van der Waals surface area (Å²) in [4.78, 5) is 2.47. The summed E-state index contributed by atoms with van der Waals surface area (Å²) in [5.74, 6) is 1.72. The number of piperidine rings is 1. The summed E-state index contributed by atoms with van der Waals surface area (Å²) in [6, 6.07) is 6.66. The lowest BCUT2D eigenvalue weighted by Gasteiger charge is -2.32. The van der Waals surface area contributed by atoms with Crippen LogP contribution in [0.5, 0.6) is 5.75 Å². The molecule has 1 aromatic carbocycles. The predicted molar refractivity (Wildman–Crippen MR) is 79.8 cm³/mol. The molecule has 0 atom stereocenters. The molecule has 0 aromatic heterocycles. The minimum absolute atomic E-state index is 0.698. The quantitative estimate of drug-likeness (QED) is 0.886. The Morgan fingerprint density at radius 1 is 1.32 bits per heavy atom. The molecular weight excluding hydrogens is 236 g/mol. The predicted octanol–water partition coefficient (Wildman–Crippen LogP) is 2.53. The largest absolute Gasteiger partial charge is 0.494 e. The SMILES string of the molecule is CCOc1ccc(C2CCN(CCN)CC2)cc1C. The number of nitrogens with two attached hydrogens (primary N) is 1. The molecule has 1 aliphatic rings. The van der Waals surface area contributed by atoms with Crippen LogP contribution in [-0.2, 0) is 0 Å². The van der Waals surface area contributed by atoms with Gasteiger partial charge in [-0.05, 0) is 62.9 Å². The van der Waals surface area contributed by atoms with Gasteiger partial charge in [0, 0.05) is 13.1 Å². The van der Waals surface area contributed by atoms with Crippen LogP contribution in [0, 0.1) is 6.92 Å². The fourth-order valence-corrected chi connectivity index (χ4v) is 2.92. The van der Waals surface area contributed by atoms with E-state index in [1.807, 2.05) is 6.92 Å². The number of likely N-dealkylation sites (tertiary alicyclic amines) is 1. The van der Waals surface area contributed by atoms with Gasteiger partial charge in [-0.15, -0.1) is 0 Å². The first kappa shape index (κ1) is 14.4. The molecule has 1 aromatic rings. The molecule has 2 N–H and O–H groups in total. The first-order valence-corrected chi connectivity index (χ1v) is 7.40. The summed E-state index contributed by atoms with van der Waals surface area (Å²) in [7, 11) is 0. The summed E-state index contributed by atoms with van der Waals surface area (Å²) in [5, 5.41) is 0. The van der Waals surface area contributed by atoms with Crippen LogP contribution in [-0.4, -0.2) is 37.7 Å². The molecule has 3 heteroatoms.